The van der Waals surface area contributed by atoms with Crippen molar-refractivity contribution in [3.63, 3.8) is 0 Å². The highest BCUT2D eigenvalue weighted by Gasteiger charge is 2.27. The van der Waals surface area contributed by atoms with Gasteiger partial charge < -0.3 is 15.7 Å². The van der Waals surface area contributed by atoms with E-state index in [1.165, 1.54) is 6.92 Å². The van der Waals surface area contributed by atoms with Crippen LogP contribution in [0.1, 0.15) is 20.8 Å². The molecule has 22 heavy (non-hydrogen) atoms. The summed E-state index contributed by atoms with van der Waals surface area (Å²) in [5.41, 5.74) is -2.17. The number of benzene rings is 1. The number of rotatable bonds is 4. The number of amides is 2. The molecule has 0 saturated carbocycles. The van der Waals surface area contributed by atoms with Crippen LogP contribution in [0.25, 0.3) is 0 Å². The van der Waals surface area contributed by atoms with Crippen LogP contribution < -0.4 is 10.6 Å². The van der Waals surface area contributed by atoms with E-state index >= 15 is 0 Å². The molecular formula is C14H17F3N2O3. The van der Waals surface area contributed by atoms with Gasteiger partial charge in [-0.15, -0.1) is 0 Å². The Labute approximate surface area is 125 Å². The van der Waals surface area contributed by atoms with Gasteiger partial charge in [-0.3, -0.25) is 9.59 Å². The molecule has 122 valence electrons. The Morgan fingerprint density at radius 3 is 2.14 bits per heavy atom. The molecule has 5 nitrogen and oxygen atoms in total. The van der Waals surface area contributed by atoms with Gasteiger partial charge in [0.1, 0.15) is 11.5 Å². The maximum absolute atomic E-state index is 13.3. The molecule has 2 amide bonds. The van der Waals surface area contributed by atoms with Gasteiger partial charge in [-0.2, -0.15) is 0 Å². The largest absolute Gasteiger partial charge is 0.388 e. The summed E-state index contributed by atoms with van der Waals surface area (Å²) >= 11 is 0. The predicted molar refractivity (Wildman–Crippen MR) is 73.4 cm³/mol. The van der Waals surface area contributed by atoms with Gasteiger partial charge in [-0.25, -0.2) is 13.2 Å². The first-order valence-electron chi connectivity index (χ1n) is 6.50. The molecule has 0 aliphatic heterocycles. The molecule has 8 heteroatoms. The molecule has 1 aromatic carbocycles. The minimum absolute atomic E-state index is 0.192. The van der Waals surface area contributed by atoms with E-state index in [0.717, 1.165) is 0 Å². The quantitative estimate of drug-likeness (QED) is 0.737. The fourth-order valence-electron chi connectivity index (χ4n) is 1.38. The summed E-state index contributed by atoms with van der Waals surface area (Å²) in [6.07, 6.45) is 0. The number of anilines is 1. The standard InChI is InChI=1S/C14H17F3N2O3/c1-7(2)14(3,22)6-18-12(20)13(21)19-11-9(16)4-8(15)5-10(11)17/h4-5,7,22H,6H2,1-3H3,(H,18,20)(H,19,21). The van der Waals surface area contributed by atoms with Crippen molar-refractivity contribution in [2.45, 2.75) is 26.4 Å². The van der Waals surface area contributed by atoms with Crippen molar-refractivity contribution in [1.82, 2.24) is 5.32 Å². The third kappa shape index (κ3) is 4.45. The van der Waals surface area contributed by atoms with E-state index in [0.29, 0.717) is 12.1 Å². The van der Waals surface area contributed by atoms with Crippen molar-refractivity contribution >= 4 is 17.5 Å². The fourth-order valence-corrected chi connectivity index (χ4v) is 1.38. The maximum atomic E-state index is 13.3. The molecule has 3 N–H and O–H groups in total. The Hall–Kier alpha value is -2.09. The summed E-state index contributed by atoms with van der Waals surface area (Å²) in [5, 5.41) is 13.8. The molecule has 0 aromatic heterocycles. The number of nitrogens with one attached hydrogen (secondary N) is 2. The lowest BCUT2D eigenvalue weighted by Crippen LogP contribution is -2.47. The van der Waals surface area contributed by atoms with Gasteiger partial charge in [0, 0.05) is 18.7 Å². The molecule has 1 rings (SSSR count). The summed E-state index contributed by atoms with van der Waals surface area (Å²) in [5.74, 6) is -6.53. The lowest BCUT2D eigenvalue weighted by atomic mass is 9.92. The Balaban J connectivity index is 2.72. The molecule has 0 aliphatic carbocycles. The Bertz CT molecular complexity index is 566. The van der Waals surface area contributed by atoms with Crippen LogP contribution in [0.2, 0.25) is 0 Å². The molecule has 1 aromatic rings. The minimum Gasteiger partial charge on any atom is -0.388 e. The van der Waals surface area contributed by atoms with Crippen LogP contribution in [-0.4, -0.2) is 29.1 Å². The van der Waals surface area contributed by atoms with E-state index in [9.17, 15) is 27.9 Å². The Morgan fingerprint density at radius 2 is 1.68 bits per heavy atom. The van der Waals surface area contributed by atoms with Gasteiger partial charge in [0.05, 0.1) is 5.60 Å². The normalized spacial score (nSPS) is 13.6. The van der Waals surface area contributed by atoms with Crippen molar-refractivity contribution in [1.29, 1.82) is 0 Å². The summed E-state index contributed by atoms with van der Waals surface area (Å²) in [4.78, 5) is 23.1. The first-order valence-corrected chi connectivity index (χ1v) is 6.50. The van der Waals surface area contributed by atoms with E-state index < -0.39 is 40.6 Å². The zero-order chi connectivity index (χ0) is 17.1. The van der Waals surface area contributed by atoms with Crippen LogP contribution in [0.5, 0.6) is 0 Å². The van der Waals surface area contributed by atoms with E-state index in [4.69, 9.17) is 0 Å². The van der Waals surface area contributed by atoms with Crippen molar-refractivity contribution < 1.29 is 27.9 Å². The maximum Gasteiger partial charge on any atom is 0.313 e. The van der Waals surface area contributed by atoms with Crippen LogP contribution in [0.4, 0.5) is 18.9 Å². The monoisotopic (exact) mass is 318 g/mol. The van der Waals surface area contributed by atoms with E-state index in [1.54, 1.807) is 19.2 Å². The molecule has 0 bridgehead atoms. The van der Waals surface area contributed by atoms with Gasteiger partial charge in [-0.1, -0.05) is 13.8 Å². The number of hydrogen-bond donors (Lipinski definition) is 3. The van der Waals surface area contributed by atoms with Gasteiger partial charge in [0.2, 0.25) is 0 Å². The summed E-state index contributed by atoms with van der Waals surface area (Å²) in [6, 6.07) is 0.750. The molecule has 0 aliphatic rings. The smallest absolute Gasteiger partial charge is 0.313 e. The van der Waals surface area contributed by atoms with Crippen LogP contribution in [0, 0.1) is 23.4 Å². The van der Waals surface area contributed by atoms with Crippen LogP contribution in [0.3, 0.4) is 0 Å². The second-order valence-corrected chi connectivity index (χ2v) is 5.39. The second-order valence-electron chi connectivity index (χ2n) is 5.39. The first kappa shape index (κ1) is 18.0. The second kappa shape index (κ2) is 6.78. The molecule has 0 heterocycles. The molecule has 0 radical (unpaired) electrons. The Kier molecular flexibility index (Phi) is 5.54. The third-order valence-electron chi connectivity index (χ3n) is 3.30. The van der Waals surface area contributed by atoms with Crippen LogP contribution >= 0.6 is 0 Å². The van der Waals surface area contributed by atoms with Crippen LogP contribution in [0.15, 0.2) is 12.1 Å². The zero-order valence-corrected chi connectivity index (χ0v) is 12.3. The summed E-state index contributed by atoms with van der Waals surface area (Å²) in [6.45, 7) is 4.69. The molecule has 0 spiro atoms. The van der Waals surface area contributed by atoms with Gasteiger partial charge >= 0.3 is 11.8 Å². The third-order valence-corrected chi connectivity index (χ3v) is 3.30. The van der Waals surface area contributed by atoms with Crippen molar-refractivity contribution in [2.75, 3.05) is 11.9 Å². The molecular weight excluding hydrogens is 301 g/mol. The van der Waals surface area contributed by atoms with E-state index in [-0.39, 0.29) is 12.5 Å². The zero-order valence-electron chi connectivity index (χ0n) is 12.3. The highest BCUT2D eigenvalue weighted by atomic mass is 19.1. The number of halogens is 3. The molecule has 0 saturated heterocycles. The van der Waals surface area contributed by atoms with Crippen molar-refractivity contribution in [3.05, 3.63) is 29.6 Å². The topological polar surface area (TPSA) is 78.4 Å². The van der Waals surface area contributed by atoms with Crippen LogP contribution in [-0.2, 0) is 9.59 Å². The van der Waals surface area contributed by atoms with Crippen molar-refractivity contribution in [2.24, 2.45) is 5.92 Å². The predicted octanol–water partition coefficient (Wildman–Crippen LogP) is 1.57. The lowest BCUT2D eigenvalue weighted by molar-refractivity contribution is -0.137. The highest BCUT2D eigenvalue weighted by molar-refractivity contribution is 6.39. The summed E-state index contributed by atoms with van der Waals surface area (Å²) < 4.78 is 39.4. The SMILES string of the molecule is CC(C)C(C)(O)CNC(=O)C(=O)Nc1c(F)cc(F)cc1F. The van der Waals surface area contributed by atoms with Gasteiger partial charge in [-0.05, 0) is 12.8 Å². The lowest BCUT2D eigenvalue weighted by Gasteiger charge is -2.27. The average Bonchev–Trinajstić information content (AvgIpc) is 2.39. The number of aliphatic hydroxyl groups is 1. The van der Waals surface area contributed by atoms with E-state index in [1.807, 2.05) is 0 Å². The highest BCUT2D eigenvalue weighted by Crippen LogP contribution is 2.20. The van der Waals surface area contributed by atoms with E-state index in [2.05, 4.69) is 5.32 Å². The summed E-state index contributed by atoms with van der Waals surface area (Å²) in [7, 11) is 0. The first-order chi connectivity index (χ1) is 10.0. The Morgan fingerprint density at radius 1 is 1.18 bits per heavy atom. The number of hydrogen-bond acceptors (Lipinski definition) is 3. The molecule has 1 atom stereocenters. The fraction of sp³-hybridized carbons (Fsp3) is 0.429. The molecule has 0 fully saturated rings. The van der Waals surface area contributed by atoms with Gasteiger partial charge in [0.25, 0.3) is 0 Å². The van der Waals surface area contributed by atoms with Crippen molar-refractivity contribution in [3.8, 4) is 0 Å². The van der Waals surface area contributed by atoms with Gasteiger partial charge in [0.15, 0.2) is 11.6 Å². The number of carbonyl (C=O) groups excluding carboxylic acids is 2. The average molecular weight is 318 g/mol. The minimum atomic E-state index is -1.34. The molecule has 1 unspecified atom stereocenters. The number of carbonyl (C=O) groups is 2.